The van der Waals surface area contributed by atoms with E-state index in [1.807, 2.05) is 6.07 Å². The highest BCUT2D eigenvalue weighted by Crippen LogP contribution is 2.14. The van der Waals surface area contributed by atoms with E-state index in [9.17, 15) is 18.8 Å². The number of carbonyl (C=O) groups excluding carboxylic acids is 2. The van der Waals surface area contributed by atoms with Gasteiger partial charge in [-0.25, -0.2) is 13.9 Å². The molecule has 0 atom stereocenters. The molecule has 0 fully saturated rings. The molecule has 3 aromatic rings. The molecule has 0 saturated carbocycles. The fourth-order valence-corrected chi connectivity index (χ4v) is 2.69. The number of esters is 1. The number of carbonyl (C=O) groups is 2. The number of hydrogen-bond acceptors (Lipinski definition) is 4. The third-order valence-corrected chi connectivity index (χ3v) is 4.23. The molecule has 144 valence electrons. The number of para-hydroxylation sites is 1. The Balaban J connectivity index is 1.72. The third-order valence-electron chi connectivity index (χ3n) is 4.23. The molecule has 0 aliphatic rings. The van der Waals surface area contributed by atoms with E-state index in [4.69, 9.17) is 4.74 Å². The first-order chi connectivity index (χ1) is 13.4. The number of halogens is 1. The molecule has 7 nitrogen and oxygen atoms in total. The van der Waals surface area contributed by atoms with Crippen molar-refractivity contribution in [2.75, 3.05) is 11.9 Å². The van der Waals surface area contributed by atoms with Crippen LogP contribution in [0.25, 0.3) is 5.69 Å². The summed E-state index contributed by atoms with van der Waals surface area (Å²) in [7, 11) is 1.70. The summed E-state index contributed by atoms with van der Waals surface area (Å²) >= 11 is 0. The van der Waals surface area contributed by atoms with Crippen molar-refractivity contribution in [2.24, 2.45) is 7.05 Å². The van der Waals surface area contributed by atoms with E-state index >= 15 is 0 Å². The zero-order valence-electron chi connectivity index (χ0n) is 15.3. The molecule has 2 aromatic carbocycles. The Bertz CT molecular complexity index is 1070. The molecule has 0 bridgehead atoms. The lowest BCUT2D eigenvalue weighted by atomic mass is 10.2. The minimum Gasteiger partial charge on any atom is -0.452 e. The molecule has 8 heteroatoms. The predicted octanol–water partition coefficient (Wildman–Crippen LogP) is 2.42. The molecule has 3 rings (SSSR count). The Morgan fingerprint density at radius 3 is 2.36 bits per heavy atom. The van der Waals surface area contributed by atoms with Crippen LogP contribution in [0, 0.1) is 12.7 Å². The topological polar surface area (TPSA) is 82.3 Å². The van der Waals surface area contributed by atoms with Gasteiger partial charge in [0, 0.05) is 7.05 Å². The Labute approximate surface area is 160 Å². The van der Waals surface area contributed by atoms with Gasteiger partial charge in [0.2, 0.25) is 0 Å². The maximum absolute atomic E-state index is 12.9. The molecule has 0 unspecified atom stereocenters. The first kappa shape index (κ1) is 19.1. The second-order valence-corrected chi connectivity index (χ2v) is 6.07. The predicted molar refractivity (Wildman–Crippen MR) is 101 cm³/mol. The number of anilines is 1. The zero-order chi connectivity index (χ0) is 20.3. The van der Waals surface area contributed by atoms with Gasteiger partial charge < -0.3 is 10.1 Å². The molecule has 0 aliphatic heterocycles. The lowest BCUT2D eigenvalue weighted by Gasteiger charge is -2.07. The molecule has 1 aromatic heterocycles. The fraction of sp³-hybridized carbons (Fsp3) is 0.150. The van der Waals surface area contributed by atoms with Gasteiger partial charge in [-0.2, -0.15) is 0 Å². The number of ether oxygens (including phenoxy) is 1. The standard InChI is InChI=1S/C20H18FN3O4/c1-13-18(19(26)24(23(13)2)16-6-4-3-5-7-16)22-17(25)12-28-20(27)14-8-10-15(21)11-9-14/h3-11H,12H2,1-2H3,(H,22,25). The van der Waals surface area contributed by atoms with Gasteiger partial charge in [-0.1, -0.05) is 18.2 Å². The first-order valence-electron chi connectivity index (χ1n) is 8.45. The maximum atomic E-state index is 12.9. The number of nitrogens with zero attached hydrogens (tertiary/aromatic N) is 2. The van der Waals surface area contributed by atoms with Gasteiger partial charge in [-0.15, -0.1) is 0 Å². The van der Waals surface area contributed by atoms with Gasteiger partial charge in [0.1, 0.15) is 11.5 Å². The Hall–Kier alpha value is -3.68. The Morgan fingerprint density at radius 2 is 1.71 bits per heavy atom. The molecule has 1 heterocycles. The number of aromatic nitrogens is 2. The van der Waals surface area contributed by atoms with Crippen molar-refractivity contribution in [1.29, 1.82) is 0 Å². The lowest BCUT2D eigenvalue weighted by Crippen LogP contribution is -2.25. The van der Waals surface area contributed by atoms with Gasteiger partial charge in [-0.05, 0) is 43.3 Å². The summed E-state index contributed by atoms with van der Waals surface area (Å²) in [6, 6.07) is 13.8. The average Bonchev–Trinajstić information content (AvgIpc) is 2.90. The molecule has 0 radical (unpaired) electrons. The Morgan fingerprint density at radius 1 is 1.07 bits per heavy atom. The molecule has 0 spiro atoms. The van der Waals surface area contributed by atoms with Crippen LogP contribution in [0.2, 0.25) is 0 Å². The molecule has 0 saturated heterocycles. The summed E-state index contributed by atoms with van der Waals surface area (Å²) in [5, 5.41) is 2.50. The van der Waals surface area contributed by atoms with Gasteiger partial charge >= 0.3 is 5.97 Å². The van der Waals surface area contributed by atoms with Gasteiger partial charge in [0.25, 0.3) is 11.5 Å². The minimum absolute atomic E-state index is 0.106. The third kappa shape index (κ3) is 3.85. The van der Waals surface area contributed by atoms with Crippen molar-refractivity contribution in [3.8, 4) is 5.69 Å². The molecule has 0 aliphatic carbocycles. The summed E-state index contributed by atoms with van der Waals surface area (Å²) in [5.74, 6) is -1.90. The quantitative estimate of drug-likeness (QED) is 0.686. The number of nitrogens with one attached hydrogen (secondary N) is 1. The summed E-state index contributed by atoms with van der Waals surface area (Å²) in [4.78, 5) is 36.8. The van der Waals surface area contributed by atoms with E-state index < -0.39 is 29.9 Å². The molecular formula is C20H18FN3O4. The largest absolute Gasteiger partial charge is 0.452 e. The summed E-state index contributed by atoms with van der Waals surface area (Å²) in [6.45, 7) is 1.12. The van der Waals surface area contributed by atoms with Gasteiger partial charge in [-0.3, -0.25) is 14.3 Å². The van der Waals surface area contributed by atoms with Crippen molar-refractivity contribution in [3.05, 3.63) is 82.0 Å². The van der Waals surface area contributed by atoms with E-state index in [0.717, 1.165) is 12.1 Å². The van der Waals surface area contributed by atoms with Crippen LogP contribution in [0.3, 0.4) is 0 Å². The zero-order valence-corrected chi connectivity index (χ0v) is 15.3. The monoisotopic (exact) mass is 383 g/mol. The Kier molecular flexibility index (Phi) is 5.39. The normalized spacial score (nSPS) is 10.5. The smallest absolute Gasteiger partial charge is 0.338 e. The number of hydrogen-bond donors (Lipinski definition) is 1. The number of rotatable bonds is 5. The highest BCUT2D eigenvalue weighted by atomic mass is 19.1. The van der Waals surface area contributed by atoms with Crippen LogP contribution in [0.5, 0.6) is 0 Å². The van der Waals surface area contributed by atoms with Crippen LogP contribution in [-0.2, 0) is 16.6 Å². The summed E-state index contributed by atoms with van der Waals surface area (Å²) in [6.07, 6.45) is 0. The summed E-state index contributed by atoms with van der Waals surface area (Å²) in [5.41, 5.74) is 1.03. The molecule has 1 amide bonds. The first-order valence-corrected chi connectivity index (χ1v) is 8.45. The van der Waals surface area contributed by atoms with Crippen LogP contribution in [0.15, 0.2) is 59.4 Å². The minimum atomic E-state index is -0.762. The molecular weight excluding hydrogens is 365 g/mol. The number of amides is 1. The van der Waals surface area contributed by atoms with E-state index in [2.05, 4.69) is 5.32 Å². The van der Waals surface area contributed by atoms with Gasteiger partial charge in [0.05, 0.1) is 16.9 Å². The highest BCUT2D eigenvalue weighted by Gasteiger charge is 2.19. The summed E-state index contributed by atoms with van der Waals surface area (Å²) < 4.78 is 20.9. The van der Waals surface area contributed by atoms with Gasteiger partial charge in [0.15, 0.2) is 6.61 Å². The highest BCUT2D eigenvalue weighted by molar-refractivity contribution is 5.95. The van der Waals surface area contributed by atoms with E-state index in [0.29, 0.717) is 11.4 Å². The van der Waals surface area contributed by atoms with E-state index in [1.54, 1.807) is 42.9 Å². The molecule has 1 N–H and O–H groups in total. The fourth-order valence-electron chi connectivity index (χ4n) is 2.69. The van der Waals surface area contributed by atoms with Crippen molar-refractivity contribution in [1.82, 2.24) is 9.36 Å². The van der Waals surface area contributed by atoms with Crippen LogP contribution < -0.4 is 10.9 Å². The second kappa shape index (κ2) is 7.91. The number of benzene rings is 2. The lowest BCUT2D eigenvalue weighted by molar-refractivity contribution is -0.119. The van der Waals surface area contributed by atoms with Crippen LogP contribution in [0.4, 0.5) is 10.1 Å². The van der Waals surface area contributed by atoms with E-state index in [-0.39, 0.29) is 11.3 Å². The second-order valence-electron chi connectivity index (χ2n) is 6.07. The van der Waals surface area contributed by atoms with Crippen molar-refractivity contribution >= 4 is 17.6 Å². The maximum Gasteiger partial charge on any atom is 0.338 e. The van der Waals surface area contributed by atoms with Crippen molar-refractivity contribution in [3.63, 3.8) is 0 Å². The molecule has 28 heavy (non-hydrogen) atoms. The van der Waals surface area contributed by atoms with Crippen LogP contribution in [-0.4, -0.2) is 27.8 Å². The average molecular weight is 383 g/mol. The van der Waals surface area contributed by atoms with E-state index in [1.165, 1.54) is 16.8 Å². The van der Waals surface area contributed by atoms with Crippen LogP contribution >= 0.6 is 0 Å². The van der Waals surface area contributed by atoms with Crippen molar-refractivity contribution < 1.29 is 18.7 Å². The SMILES string of the molecule is Cc1c(NC(=O)COC(=O)c2ccc(F)cc2)c(=O)n(-c2ccccc2)n1C. The van der Waals surface area contributed by atoms with Crippen LogP contribution in [0.1, 0.15) is 16.1 Å². The van der Waals surface area contributed by atoms with Crippen molar-refractivity contribution in [2.45, 2.75) is 6.92 Å².